The molecule has 0 aromatic heterocycles. The summed E-state index contributed by atoms with van der Waals surface area (Å²) < 4.78 is 28.9. The summed E-state index contributed by atoms with van der Waals surface area (Å²) in [5.74, 6) is -0.627. The quantitative estimate of drug-likeness (QED) is 0.462. The van der Waals surface area contributed by atoms with Crippen LogP contribution >= 0.6 is 22.6 Å². The molecule has 2 atom stereocenters. The highest BCUT2D eigenvalue weighted by atomic mass is 127. The Hall–Kier alpha value is -1.94. The fourth-order valence-corrected chi connectivity index (χ4v) is 5.99. The maximum absolute atomic E-state index is 13.3. The third kappa shape index (κ3) is 3.15. The Morgan fingerprint density at radius 1 is 1.00 bits per heavy atom. The van der Waals surface area contributed by atoms with Crippen LogP contribution in [0.3, 0.4) is 0 Å². The number of nitrogens with zero attached hydrogens (tertiary/aromatic N) is 1. The molecule has 1 N–H and O–H groups in total. The minimum atomic E-state index is -3.78. The van der Waals surface area contributed by atoms with Crippen molar-refractivity contribution in [3.63, 3.8) is 0 Å². The van der Waals surface area contributed by atoms with Gasteiger partial charge in [0.25, 0.3) is 10.0 Å². The van der Waals surface area contributed by atoms with Crippen LogP contribution in [-0.4, -0.2) is 20.2 Å². The first-order valence-corrected chi connectivity index (χ1v) is 12.3. The summed E-state index contributed by atoms with van der Waals surface area (Å²) in [6.45, 7) is 5.91. The highest BCUT2D eigenvalue weighted by molar-refractivity contribution is 14.1. The van der Waals surface area contributed by atoms with Crippen LogP contribution in [0.25, 0.3) is 0 Å². The number of benzene rings is 2. The van der Waals surface area contributed by atoms with E-state index in [4.69, 9.17) is 0 Å². The van der Waals surface area contributed by atoms with E-state index in [1.807, 2.05) is 32.9 Å². The molecule has 30 heavy (non-hydrogen) atoms. The van der Waals surface area contributed by atoms with Crippen molar-refractivity contribution in [2.75, 3.05) is 9.62 Å². The van der Waals surface area contributed by atoms with E-state index in [1.165, 1.54) is 29.2 Å². The summed E-state index contributed by atoms with van der Waals surface area (Å²) >= 11 is 2.15. The Morgan fingerprint density at radius 2 is 1.60 bits per heavy atom. The highest BCUT2D eigenvalue weighted by Gasteiger charge is 2.64. The first kappa shape index (κ1) is 21.3. The number of nitrogens with one attached hydrogen (secondary N) is 1. The third-order valence-electron chi connectivity index (χ3n) is 6.92. The first-order valence-electron chi connectivity index (χ1n) is 9.74. The number of carbonyl (C=O) groups excluding carboxylic acids is 2. The Morgan fingerprint density at radius 3 is 2.20 bits per heavy atom. The van der Waals surface area contributed by atoms with Crippen LogP contribution in [0.2, 0.25) is 0 Å². The number of hydrogen-bond acceptors (Lipinski definition) is 4. The normalized spacial score (nSPS) is 25.5. The van der Waals surface area contributed by atoms with Gasteiger partial charge in [0.1, 0.15) is 0 Å². The Kier molecular flexibility index (Phi) is 5.00. The molecule has 8 heteroatoms. The predicted octanol–water partition coefficient (Wildman–Crippen LogP) is 4.41. The van der Waals surface area contributed by atoms with Crippen LogP contribution in [0.1, 0.15) is 33.6 Å². The number of imide groups is 1. The molecular weight excluding hydrogens is 515 g/mol. The van der Waals surface area contributed by atoms with Gasteiger partial charge in [-0.25, -0.2) is 13.3 Å². The molecule has 1 saturated carbocycles. The SMILES string of the molecule is CC1(C)[C@H]2CC[C@]1(C)C(=O)N(c1ccc(S(=O)(=O)Nc3ccc(I)cc3)cc1)C2=O. The van der Waals surface area contributed by atoms with Crippen molar-refractivity contribution in [3.8, 4) is 0 Å². The monoisotopic (exact) mass is 538 g/mol. The van der Waals surface area contributed by atoms with Gasteiger partial charge in [0.2, 0.25) is 11.8 Å². The van der Waals surface area contributed by atoms with Crippen molar-refractivity contribution in [2.24, 2.45) is 16.7 Å². The molecule has 2 fully saturated rings. The molecule has 0 radical (unpaired) electrons. The number of rotatable bonds is 4. The molecule has 2 aromatic rings. The summed E-state index contributed by atoms with van der Waals surface area (Å²) in [7, 11) is -3.78. The third-order valence-corrected chi connectivity index (χ3v) is 9.04. The molecule has 2 bridgehead atoms. The summed E-state index contributed by atoms with van der Waals surface area (Å²) in [5.41, 5.74) is -0.124. The fourth-order valence-electron chi connectivity index (χ4n) is 4.57. The van der Waals surface area contributed by atoms with Crippen LogP contribution in [0.4, 0.5) is 11.4 Å². The molecule has 2 aromatic carbocycles. The second-order valence-electron chi connectivity index (χ2n) is 8.73. The van der Waals surface area contributed by atoms with E-state index in [9.17, 15) is 18.0 Å². The van der Waals surface area contributed by atoms with Gasteiger partial charge in [-0.1, -0.05) is 20.8 Å². The zero-order valence-electron chi connectivity index (χ0n) is 17.0. The van der Waals surface area contributed by atoms with E-state index >= 15 is 0 Å². The minimum Gasteiger partial charge on any atom is -0.280 e. The van der Waals surface area contributed by atoms with Gasteiger partial charge in [0.05, 0.1) is 16.0 Å². The van der Waals surface area contributed by atoms with E-state index in [1.54, 1.807) is 12.1 Å². The number of hydrogen-bond donors (Lipinski definition) is 1. The van der Waals surface area contributed by atoms with Gasteiger partial charge in [-0.05, 0) is 89.4 Å². The standard InChI is InChI=1S/C22H23IN2O4S/c1-21(2)18-12-13-22(21,3)20(27)25(19(18)26)16-8-10-17(11-9-16)30(28,29)24-15-6-4-14(23)5-7-15/h4-11,18,24H,12-13H2,1-3H3/t18-,22+/m0/s1. The van der Waals surface area contributed by atoms with E-state index in [0.29, 0.717) is 24.2 Å². The van der Waals surface area contributed by atoms with E-state index in [2.05, 4.69) is 27.3 Å². The van der Waals surface area contributed by atoms with Gasteiger partial charge in [-0.15, -0.1) is 0 Å². The number of piperidine rings is 1. The molecule has 6 nitrogen and oxygen atoms in total. The van der Waals surface area contributed by atoms with Crippen LogP contribution in [-0.2, 0) is 19.6 Å². The lowest BCUT2D eigenvalue weighted by molar-refractivity contribution is -0.146. The van der Waals surface area contributed by atoms with Gasteiger partial charge in [0.15, 0.2) is 0 Å². The molecule has 1 aliphatic carbocycles. The molecule has 4 rings (SSSR count). The largest absolute Gasteiger partial charge is 0.280 e. The summed E-state index contributed by atoms with van der Waals surface area (Å²) in [6, 6.07) is 12.9. The predicted molar refractivity (Wildman–Crippen MR) is 124 cm³/mol. The molecule has 1 saturated heterocycles. The van der Waals surface area contributed by atoms with Crippen molar-refractivity contribution in [1.82, 2.24) is 0 Å². The lowest BCUT2D eigenvalue weighted by Crippen LogP contribution is -2.59. The van der Waals surface area contributed by atoms with Crippen LogP contribution in [0.15, 0.2) is 53.4 Å². The van der Waals surface area contributed by atoms with Crippen molar-refractivity contribution < 1.29 is 18.0 Å². The zero-order chi connectivity index (χ0) is 21.9. The van der Waals surface area contributed by atoms with Crippen LogP contribution in [0, 0.1) is 20.3 Å². The minimum absolute atomic E-state index is 0.0659. The molecule has 2 aliphatic rings. The van der Waals surface area contributed by atoms with E-state index < -0.39 is 20.9 Å². The maximum atomic E-state index is 13.3. The number of anilines is 2. The molecule has 0 unspecified atom stereocenters. The summed E-state index contributed by atoms with van der Waals surface area (Å²) in [6.07, 6.45) is 1.37. The number of sulfonamides is 1. The summed E-state index contributed by atoms with van der Waals surface area (Å²) in [5, 5.41) is 0. The number of amides is 2. The van der Waals surface area contributed by atoms with Crippen LogP contribution in [0.5, 0.6) is 0 Å². The zero-order valence-corrected chi connectivity index (χ0v) is 20.0. The maximum Gasteiger partial charge on any atom is 0.261 e. The lowest BCUT2D eigenvalue weighted by Gasteiger charge is -2.47. The van der Waals surface area contributed by atoms with Gasteiger partial charge in [0, 0.05) is 15.2 Å². The highest BCUT2D eigenvalue weighted by Crippen LogP contribution is 2.60. The Labute approximate surface area is 190 Å². The van der Waals surface area contributed by atoms with Crippen molar-refractivity contribution >= 4 is 55.8 Å². The second-order valence-corrected chi connectivity index (χ2v) is 11.7. The molecule has 2 amide bonds. The average molecular weight is 538 g/mol. The molecule has 1 heterocycles. The smallest absolute Gasteiger partial charge is 0.261 e. The number of fused-ring (bicyclic) bond motifs is 2. The van der Waals surface area contributed by atoms with E-state index in [0.717, 1.165) is 3.57 Å². The Bertz CT molecular complexity index is 1130. The van der Waals surface area contributed by atoms with Gasteiger partial charge >= 0.3 is 0 Å². The van der Waals surface area contributed by atoms with Crippen molar-refractivity contribution in [2.45, 2.75) is 38.5 Å². The second kappa shape index (κ2) is 7.05. The lowest BCUT2D eigenvalue weighted by atomic mass is 9.62. The van der Waals surface area contributed by atoms with Crippen molar-refractivity contribution in [1.29, 1.82) is 0 Å². The topological polar surface area (TPSA) is 83.6 Å². The summed E-state index contributed by atoms with van der Waals surface area (Å²) in [4.78, 5) is 27.6. The number of halogens is 1. The van der Waals surface area contributed by atoms with E-state index in [-0.39, 0.29) is 22.6 Å². The van der Waals surface area contributed by atoms with Crippen LogP contribution < -0.4 is 9.62 Å². The fraction of sp³-hybridized carbons (Fsp3) is 0.364. The van der Waals surface area contributed by atoms with Gasteiger partial charge < -0.3 is 0 Å². The molecule has 1 aliphatic heterocycles. The van der Waals surface area contributed by atoms with Crippen molar-refractivity contribution in [3.05, 3.63) is 52.1 Å². The number of carbonyl (C=O) groups is 2. The van der Waals surface area contributed by atoms with Gasteiger partial charge in [-0.3, -0.25) is 14.3 Å². The average Bonchev–Trinajstić information content (AvgIpc) is 2.87. The first-order chi connectivity index (χ1) is 14.0. The van der Waals surface area contributed by atoms with Gasteiger partial charge in [-0.2, -0.15) is 0 Å². The Balaban J connectivity index is 1.62. The molecule has 158 valence electrons. The molecule has 0 spiro atoms. The molecular formula is C22H23IN2O4S.